The third-order valence-corrected chi connectivity index (χ3v) is 5.71. The van der Waals surface area contributed by atoms with Gasteiger partial charge in [0.1, 0.15) is 10.7 Å². The van der Waals surface area contributed by atoms with Crippen molar-refractivity contribution in [3.63, 3.8) is 0 Å². The van der Waals surface area contributed by atoms with Crippen molar-refractivity contribution in [2.75, 3.05) is 33.2 Å². The third-order valence-electron chi connectivity index (χ3n) is 4.85. The molecule has 0 radical (unpaired) electrons. The van der Waals surface area contributed by atoms with Crippen molar-refractivity contribution in [2.24, 2.45) is 0 Å². The molecule has 1 saturated heterocycles. The van der Waals surface area contributed by atoms with Crippen molar-refractivity contribution in [3.8, 4) is 10.7 Å². The molecule has 1 aliphatic heterocycles. The van der Waals surface area contributed by atoms with E-state index >= 15 is 0 Å². The summed E-state index contributed by atoms with van der Waals surface area (Å²) in [5.41, 5.74) is 5.73. The van der Waals surface area contributed by atoms with Crippen LogP contribution in [-0.2, 0) is 6.54 Å². The molecule has 4 rings (SSSR count). The van der Waals surface area contributed by atoms with Crippen LogP contribution < -0.4 is 5.43 Å². The van der Waals surface area contributed by atoms with Crippen LogP contribution in [0.2, 0.25) is 0 Å². The molecule has 2 aromatic heterocycles. The maximum absolute atomic E-state index is 12.5. The highest BCUT2D eigenvalue weighted by atomic mass is 32.1. The van der Waals surface area contributed by atoms with Gasteiger partial charge in [0.05, 0.1) is 5.69 Å². The summed E-state index contributed by atoms with van der Waals surface area (Å²) >= 11 is 1.52. The number of para-hydroxylation sites is 1. The smallest absolute Gasteiger partial charge is 0.285 e. The second kappa shape index (κ2) is 7.19. The summed E-state index contributed by atoms with van der Waals surface area (Å²) in [4.78, 5) is 19.4. The molecule has 1 aliphatic rings. The minimum Gasteiger partial charge on any atom is -0.339 e. The molecule has 1 aromatic carbocycles. The minimum absolute atomic E-state index is 0.129. The molecule has 0 unspecified atom stereocenters. The van der Waals surface area contributed by atoms with Gasteiger partial charge < -0.3 is 9.47 Å². The normalized spacial score (nSPS) is 16.2. The quantitative estimate of drug-likeness (QED) is 0.768. The number of aryl methyl sites for hydroxylation is 1. The Labute approximate surface area is 157 Å². The fourth-order valence-electron chi connectivity index (χ4n) is 3.34. The van der Waals surface area contributed by atoms with Crippen LogP contribution in [0, 0.1) is 0 Å². The number of fused-ring (bicyclic) bond motifs is 1. The number of hydrogen-bond acceptors (Lipinski definition) is 5. The van der Waals surface area contributed by atoms with E-state index in [1.54, 1.807) is 0 Å². The van der Waals surface area contributed by atoms with Crippen LogP contribution >= 0.6 is 11.3 Å². The number of nitrogens with zero attached hydrogens (tertiary/aromatic N) is 4. The van der Waals surface area contributed by atoms with Gasteiger partial charge in [-0.05, 0) is 26.1 Å². The average Bonchev–Trinajstić information content (AvgIpc) is 3.27. The van der Waals surface area contributed by atoms with E-state index in [-0.39, 0.29) is 5.91 Å². The first-order valence-electron chi connectivity index (χ1n) is 8.94. The van der Waals surface area contributed by atoms with Gasteiger partial charge in [-0.1, -0.05) is 18.2 Å². The monoisotopic (exact) mass is 369 g/mol. The molecule has 136 valence electrons. The molecule has 7 heteroatoms. The van der Waals surface area contributed by atoms with Crippen LogP contribution in [0.3, 0.4) is 0 Å². The van der Waals surface area contributed by atoms with Crippen molar-refractivity contribution in [3.05, 3.63) is 41.4 Å². The van der Waals surface area contributed by atoms with E-state index in [1.165, 1.54) is 22.2 Å². The molecular formula is C19H23N5OS. The highest BCUT2D eigenvalue weighted by Gasteiger charge is 2.19. The second-order valence-corrected chi connectivity index (χ2v) is 7.46. The predicted molar refractivity (Wildman–Crippen MR) is 105 cm³/mol. The zero-order chi connectivity index (χ0) is 18.1. The van der Waals surface area contributed by atoms with Gasteiger partial charge in [-0.25, -0.2) is 9.99 Å². The Balaban J connectivity index is 1.55. The van der Waals surface area contributed by atoms with E-state index in [4.69, 9.17) is 0 Å². The summed E-state index contributed by atoms with van der Waals surface area (Å²) in [5.74, 6) is -0.129. The first-order valence-corrected chi connectivity index (χ1v) is 9.82. The van der Waals surface area contributed by atoms with Crippen LogP contribution in [0.5, 0.6) is 0 Å². The number of piperazine rings is 1. The highest BCUT2D eigenvalue weighted by molar-refractivity contribution is 7.13. The molecule has 0 saturated carbocycles. The molecule has 3 aromatic rings. The van der Waals surface area contributed by atoms with Crippen LogP contribution in [0.4, 0.5) is 0 Å². The fraction of sp³-hybridized carbons (Fsp3) is 0.368. The molecule has 1 fully saturated rings. The topological polar surface area (TPSA) is 53.4 Å². The van der Waals surface area contributed by atoms with E-state index in [1.807, 2.05) is 16.5 Å². The first kappa shape index (κ1) is 17.2. The summed E-state index contributed by atoms with van der Waals surface area (Å²) in [6.45, 7) is 6.58. The van der Waals surface area contributed by atoms with Crippen molar-refractivity contribution in [1.82, 2.24) is 24.9 Å². The van der Waals surface area contributed by atoms with Crippen molar-refractivity contribution >= 4 is 28.1 Å². The number of likely N-dealkylation sites (N-methyl/N-ethyl adjacent to an activating group) is 1. The third kappa shape index (κ3) is 3.25. The standard InChI is InChI=1S/C19H23N5OS/c1-3-24-16-7-5-4-6-14(16)12-17(24)19-20-15(13-26-19)18(25)21-23-10-8-22(2)9-11-23/h4-7,12-13H,3,8-11H2,1-2H3,(H,21,25). The van der Waals surface area contributed by atoms with Gasteiger partial charge >= 0.3 is 0 Å². The van der Waals surface area contributed by atoms with Gasteiger partial charge in [0.25, 0.3) is 5.91 Å². The molecule has 1 N–H and O–H groups in total. The SMILES string of the molecule is CCn1c(-c2nc(C(=O)NN3CCN(C)CC3)cs2)cc2ccccc21. The van der Waals surface area contributed by atoms with Gasteiger partial charge in [0, 0.05) is 49.0 Å². The number of nitrogens with one attached hydrogen (secondary N) is 1. The summed E-state index contributed by atoms with van der Waals surface area (Å²) < 4.78 is 2.25. The predicted octanol–water partition coefficient (Wildman–Crippen LogP) is 2.68. The number of rotatable bonds is 4. The van der Waals surface area contributed by atoms with E-state index in [9.17, 15) is 4.79 Å². The van der Waals surface area contributed by atoms with Crippen molar-refractivity contribution in [2.45, 2.75) is 13.5 Å². The second-order valence-electron chi connectivity index (χ2n) is 6.60. The lowest BCUT2D eigenvalue weighted by atomic mass is 10.2. The number of benzene rings is 1. The number of hydrogen-bond donors (Lipinski definition) is 1. The molecular weight excluding hydrogens is 346 g/mol. The number of hydrazine groups is 1. The molecule has 1 amide bonds. The van der Waals surface area contributed by atoms with Crippen molar-refractivity contribution in [1.29, 1.82) is 0 Å². The number of aromatic nitrogens is 2. The fourth-order valence-corrected chi connectivity index (χ4v) is 4.17. The Kier molecular flexibility index (Phi) is 4.76. The number of amides is 1. The lowest BCUT2D eigenvalue weighted by Gasteiger charge is -2.32. The first-order chi connectivity index (χ1) is 12.7. The Hall–Kier alpha value is -2.22. The summed E-state index contributed by atoms with van der Waals surface area (Å²) in [6, 6.07) is 10.5. The lowest BCUT2D eigenvalue weighted by molar-refractivity contribution is 0.0658. The summed E-state index contributed by atoms with van der Waals surface area (Å²) in [5, 5.41) is 5.90. The Bertz CT molecular complexity index is 923. The summed E-state index contributed by atoms with van der Waals surface area (Å²) in [7, 11) is 2.10. The van der Waals surface area contributed by atoms with Crippen molar-refractivity contribution < 1.29 is 4.79 Å². The van der Waals surface area contributed by atoms with Gasteiger partial charge in [-0.3, -0.25) is 10.2 Å². The largest absolute Gasteiger partial charge is 0.339 e. The minimum atomic E-state index is -0.129. The van der Waals surface area contributed by atoms with Gasteiger partial charge in [-0.2, -0.15) is 0 Å². The molecule has 0 bridgehead atoms. The highest BCUT2D eigenvalue weighted by Crippen LogP contribution is 2.30. The molecule has 0 spiro atoms. The van der Waals surface area contributed by atoms with Crippen LogP contribution in [-0.4, -0.2) is 58.6 Å². The van der Waals surface area contributed by atoms with Gasteiger partial charge in [0.2, 0.25) is 0 Å². The zero-order valence-corrected chi connectivity index (χ0v) is 15.9. The Morgan fingerprint density at radius 1 is 1.23 bits per heavy atom. The number of thiazole rings is 1. The van der Waals surface area contributed by atoms with Crippen LogP contribution in [0.15, 0.2) is 35.7 Å². The van der Waals surface area contributed by atoms with E-state index in [2.05, 4.69) is 58.1 Å². The molecule has 0 aliphatic carbocycles. The maximum atomic E-state index is 12.5. The van der Waals surface area contributed by atoms with E-state index in [0.29, 0.717) is 5.69 Å². The van der Waals surface area contributed by atoms with Gasteiger partial charge in [-0.15, -0.1) is 11.3 Å². The zero-order valence-electron chi connectivity index (χ0n) is 15.1. The maximum Gasteiger partial charge on any atom is 0.285 e. The van der Waals surface area contributed by atoms with Crippen LogP contribution in [0.1, 0.15) is 17.4 Å². The lowest BCUT2D eigenvalue weighted by Crippen LogP contribution is -2.52. The average molecular weight is 369 g/mol. The Morgan fingerprint density at radius 3 is 2.77 bits per heavy atom. The molecule has 0 atom stereocenters. The molecule has 26 heavy (non-hydrogen) atoms. The Morgan fingerprint density at radius 2 is 2.00 bits per heavy atom. The molecule has 6 nitrogen and oxygen atoms in total. The van der Waals surface area contributed by atoms with Crippen LogP contribution in [0.25, 0.3) is 21.6 Å². The number of carbonyl (C=O) groups excluding carboxylic acids is 1. The van der Waals surface area contributed by atoms with E-state index < -0.39 is 0 Å². The van der Waals surface area contributed by atoms with E-state index in [0.717, 1.165) is 43.4 Å². The molecule has 3 heterocycles. The summed E-state index contributed by atoms with van der Waals surface area (Å²) in [6.07, 6.45) is 0. The van der Waals surface area contributed by atoms with Gasteiger partial charge in [0.15, 0.2) is 0 Å². The number of carbonyl (C=O) groups is 1.